The molecule has 0 spiro atoms. The Morgan fingerprint density at radius 2 is 1.90 bits per heavy atom. The second-order valence-electron chi connectivity index (χ2n) is 5.29. The summed E-state index contributed by atoms with van der Waals surface area (Å²) >= 11 is 0. The van der Waals surface area contributed by atoms with Crippen LogP contribution in [0, 0.1) is 0 Å². The summed E-state index contributed by atoms with van der Waals surface area (Å²) in [6.07, 6.45) is 1.12. The van der Waals surface area contributed by atoms with Gasteiger partial charge in [-0.1, -0.05) is 18.2 Å². The van der Waals surface area contributed by atoms with Crippen molar-refractivity contribution in [2.75, 3.05) is 33.7 Å². The first-order valence-electron chi connectivity index (χ1n) is 7.12. The van der Waals surface area contributed by atoms with Gasteiger partial charge in [0.15, 0.2) is 0 Å². The van der Waals surface area contributed by atoms with Crippen LogP contribution in [-0.2, 0) is 6.54 Å². The molecule has 0 fully saturated rings. The molecular formula is C16H23N3O. The second kappa shape index (κ2) is 7.22. The Morgan fingerprint density at radius 3 is 2.70 bits per heavy atom. The Morgan fingerprint density at radius 1 is 1.10 bits per heavy atom. The molecule has 0 saturated heterocycles. The van der Waals surface area contributed by atoms with Gasteiger partial charge in [0.25, 0.3) is 5.56 Å². The van der Waals surface area contributed by atoms with Gasteiger partial charge in [-0.25, -0.2) is 0 Å². The molecule has 0 unspecified atom stereocenters. The Balaban J connectivity index is 1.93. The molecule has 0 aliphatic carbocycles. The van der Waals surface area contributed by atoms with E-state index in [1.165, 1.54) is 0 Å². The molecule has 0 radical (unpaired) electrons. The van der Waals surface area contributed by atoms with Crippen molar-refractivity contribution >= 4 is 10.9 Å². The number of aromatic nitrogens is 1. The highest BCUT2D eigenvalue weighted by Crippen LogP contribution is 2.10. The maximum atomic E-state index is 12.0. The molecule has 2 aromatic rings. The van der Waals surface area contributed by atoms with E-state index in [4.69, 9.17) is 0 Å². The molecule has 0 saturated carbocycles. The predicted octanol–water partition coefficient (Wildman–Crippen LogP) is 1.54. The molecule has 0 bridgehead atoms. The largest absolute Gasteiger partial charge is 0.315 e. The monoisotopic (exact) mass is 273 g/mol. The number of nitrogens with one attached hydrogen (secondary N) is 1. The molecule has 0 atom stereocenters. The lowest BCUT2D eigenvalue weighted by Crippen LogP contribution is -2.28. The fourth-order valence-electron chi connectivity index (χ4n) is 2.31. The summed E-state index contributed by atoms with van der Waals surface area (Å²) in [5.74, 6) is 0. The third kappa shape index (κ3) is 3.92. The zero-order chi connectivity index (χ0) is 14.4. The van der Waals surface area contributed by atoms with E-state index < -0.39 is 0 Å². The molecule has 0 aliphatic heterocycles. The van der Waals surface area contributed by atoms with Gasteiger partial charge >= 0.3 is 0 Å². The van der Waals surface area contributed by atoms with E-state index in [-0.39, 0.29) is 5.56 Å². The highest BCUT2D eigenvalue weighted by Gasteiger charge is 2.01. The standard InChI is InChI=1S/C16H23N3O/c1-18(2)12-5-10-17-11-13-19-15-7-4-3-6-14(15)8-9-16(19)20/h3-4,6-9,17H,5,10-13H2,1-2H3. The Kier molecular flexibility index (Phi) is 5.32. The van der Waals surface area contributed by atoms with Crippen LogP contribution in [-0.4, -0.2) is 43.2 Å². The maximum Gasteiger partial charge on any atom is 0.251 e. The predicted molar refractivity (Wildman–Crippen MR) is 84.2 cm³/mol. The van der Waals surface area contributed by atoms with E-state index in [0.29, 0.717) is 6.54 Å². The molecule has 4 heteroatoms. The van der Waals surface area contributed by atoms with Crippen LogP contribution in [0.25, 0.3) is 10.9 Å². The molecule has 0 amide bonds. The van der Waals surface area contributed by atoms with Crippen LogP contribution in [0.1, 0.15) is 6.42 Å². The number of fused-ring (bicyclic) bond motifs is 1. The minimum atomic E-state index is 0.0683. The molecule has 2 rings (SSSR count). The van der Waals surface area contributed by atoms with E-state index in [0.717, 1.165) is 37.0 Å². The summed E-state index contributed by atoms with van der Waals surface area (Å²) in [6, 6.07) is 11.5. The number of hydrogen-bond donors (Lipinski definition) is 1. The maximum absolute atomic E-state index is 12.0. The van der Waals surface area contributed by atoms with Gasteiger partial charge in [0.05, 0.1) is 5.52 Å². The quantitative estimate of drug-likeness (QED) is 0.778. The Labute approximate surface area is 120 Å². The lowest BCUT2D eigenvalue weighted by Gasteiger charge is -2.12. The molecule has 1 N–H and O–H groups in total. The first-order valence-corrected chi connectivity index (χ1v) is 7.12. The first-order chi connectivity index (χ1) is 9.68. The number of pyridine rings is 1. The third-order valence-corrected chi connectivity index (χ3v) is 3.37. The molecule has 0 aliphatic rings. The summed E-state index contributed by atoms with van der Waals surface area (Å²) in [5, 5.41) is 4.51. The molecule has 1 heterocycles. The number of nitrogens with zero attached hydrogens (tertiary/aromatic N) is 2. The van der Waals surface area contributed by atoms with E-state index in [1.54, 1.807) is 6.07 Å². The van der Waals surface area contributed by atoms with Crippen molar-refractivity contribution < 1.29 is 0 Å². The number of hydrogen-bond acceptors (Lipinski definition) is 3. The third-order valence-electron chi connectivity index (χ3n) is 3.37. The van der Waals surface area contributed by atoms with Crippen LogP contribution < -0.4 is 10.9 Å². The van der Waals surface area contributed by atoms with E-state index in [9.17, 15) is 4.79 Å². The van der Waals surface area contributed by atoms with Gasteiger partial charge in [0, 0.05) is 19.2 Å². The van der Waals surface area contributed by atoms with E-state index in [2.05, 4.69) is 24.3 Å². The average Bonchev–Trinajstić information content (AvgIpc) is 2.44. The number of para-hydroxylation sites is 1. The van der Waals surface area contributed by atoms with Crippen molar-refractivity contribution in [3.63, 3.8) is 0 Å². The van der Waals surface area contributed by atoms with Gasteiger partial charge in [-0.2, -0.15) is 0 Å². The smallest absolute Gasteiger partial charge is 0.251 e. The Bertz CT molecular complexity index is 604. The van der Waals surface area contributed by atoms with Gasteiger partial charge in [0.1, 0.15) is 0 Å². The minimum Gasteiger partial charge on any atom is -0.315 e. The first kappa shape index (κ1) is 14.8. The molecule has 108 valence electrons. The topological polar surface area (TPSA) is 37.3 Å². The van der Waals surface area contributed by atoms with Crippen molar-refractivity contribution in [2.45, 2.75) is 13.0 Å². The van der Waals surface area contributed by atoms with Crippen molar-refractivity contribution in [3.05, 3.63) is 46.8 Å². The lowest BCUT2D eigenvalue weighted by atomic mass is 10.2. The summed E-state index contributed by atoms with van der Waals surface area (Å²) in [7, 11) is 4.16. The zero-order valence-corrected chi connectivity index (χ0v) is 12.3. The zero-order valence-electron chi connectivity index (χ0n) is 12.3. The van der Waals surface area contributed by atoms with Gasteiger partial charge in [0.2, 0.25) is 0 Å². The van der Waals surface area contributed by atoms with Gasteiger partial charge in [-0.15, -0.1) is 0 Å². The lowest BCUT2D eigenvalue weighted by molar-refractivity contribution is 0.393. The van der Waals surface area contributed by atoms with Crippen LogP contribution in [0.15, 0.2) is 41.2 Å². The van der Waals surface area contributed by atoms with Crippen LogP contribution in [0.3, 0.4) is 0 Å². The summed E-state index contributed by atoms with van der Waals surface area (Å²) in [6.45, 7) is 3.60. The summed E-state index contributed by atoms with van der Waals surface area (Å²) < 4.78 is 1.84. The number of benzene rings is 1. The molecule has 20 heavy (non-hydrogen) atoms. The summed E-state index contributed by atoms with van der Waals surface area (Å²) in [4.78, 5) is 14.1. The van der Waals surface area contributed by atoms with Crippen molar-refractivity contribution in [1.82, 2.24) is 14.8 Å². The highest BCUT2D eigenvalue weighted by atomic mass is 16.1. The highest BCUT2D eigenvalue weighted by molar-refractivity contribution is 5.78. The van der Waals surface area contributed by atoms with Crippen molar-refractivity contribution in [2.24, 2.45) is 0 Å². The van der Waals surface area contributed by atoms with Crippen LogP contribution in [0.4, 0.5) is 0 Å². The summed E-state index contributed by atoms with van der Waals surface area (Å²) in [5.41, 5.74) is 1.08. The Hall–Kier alpha value is -1.65. The minimum absolute atomic E-state index is 0.0683. The van der Waals surface area contributed by atoms with Crippen molar-refractivity contribution in [1.29, 1.82) is 0 Å². The molecule has 4 nitrogen and oxygen atoms in total. The van der Waals surface area contributed by atoms with E-state index >= 15 is 0 Å². The van der Waals surface area contributed by atoms with Gasteiger partial charge in [-0.05, 0) is 51.1 Å². The van der Waals surface area contributed by atoms with Crippen LogP contribution in [0.2, 0.25) is 0 Å². The fraction of sp³-hybridized carbons (Fsp3) is 0.438. The molecule has 1 aromatic heterocycles. The second-order valence-corrected chi connectivity index (χ2v) is 5.29. The molecule has 1 aromatic carbocycles. The average molecular weight is 273 g/mol. The van der Waals surface area contributed by atoms with Crippen LogP contribution in [0.5, 0.6) is 0 Å². The van der Waals surface area contributed by atoms with Gasteiger partial charge in [-0.3, -0.25) is 4.79 Å². The van der Waals surface area contributed by atoms with Crippen molar-refractivity contribution in [3.8, 4) is 0 Å². The normalized spacial score (nSPS) is 11.3. The van der Waals surface area contributed by atoms with Gasteiger partial charge < -0.3 is 14.8 Å². The number of rotatable bonds is 7. The van der Waals surface area contributed by atoms with E-state index in [1.807, 2.05) is 34.9 Å². The van der Waals surface area contributed by atoms with Crippen LogP contribution >= 0.6 is 0 Å². The molecular weight excluding hydrogens is 250 g/mol. The fourth-order valence-corrected chi connectivity index (χ4v) is 2.31. The SMILES string of the molecule is CN(C)CCCNCCn1c(=O)ccc2ccccc21.